The van der Waals surface area contributed by atoms with Crippen molar-refractivity contribution in [1.29, 1.82) is 0 Å². The molecular weight excluding hydrogens is 284 g/mol. The van der Waals surface area contributed by atoms with E-state index in [0.29, 0.717) is 5.13 Å². The number of carbonyl (C=O) groups is 1. The minimum Gasteiger partial charge on any atom is -0.311 e. The fourth-order valence-corrected chi connectivity index (χ4v) is 2.99. The molecule has 0 saturated carbocycles. The number of aromatic nitrogens is 1. The van der Waals surface area contributed by atoms with E-state index in [1.165, 1.54) is 11.3 Å². The number of thiazole rings is 1. The molecule has 0 fully saturated rings. The summed E-state index contributed by atoms with van der Waals surface area (Å²) in [5.41, 5.74) is 0.625. The molecule has 1 aromatic carbocycles. The van der Waals surface area contributed by atoms with E-state index >= 15 is 0 Å². The molecule has 20 heavy (non-hydrogen) atoms. The van der Waals surface area contributed by atoms with E-state index in [0.717, 1.165) is 48.3 Å². The lowest BCUT2D eigenvalue weighted by Gasteiger charge is -2.09. The van der Waals surface area contributed by atoms with Crippen molar-refractivity contribution in [3.05, 3.63) is 46.0 Å². The van der Waals surface area contributed by atoms with Crippen LogP contribution in [0.5, 0.6) is 0 Å². The number of carbonyl (C=O) groups excluding carboxylic acids is 1. The van der Waals surface area contributed by atoms with Crippen LogP contribution >= 0.6 is 11.3 Å². The van der Waals surface area contributed by atoms with Crippen LogP contribution in [0.2, 0.25) is 0 Å². The summed E-state index contributed by atoms with van der Waals surface area (Å²) in [4.78, 5) is 17.3. The number of fused-ring (bicyclic) bond motifs is 1. The molecule has 3 rings (SSSR count). The van der Waals surface area contributed by atoms with Gasteiger partial charge in [-0.25, -0.2) is 13.8 Å². The molecule has 104 valence electrons. The first-order valence-corrected chi connectivity index (χ1v) is 6.91. The van der Waals surface area contributed by atoms with Gasteiger partial charge in [-0.05, 0) is 18.2 Å². The zero-order chi connectivity index (χ0) is 14.1. The number of amides is 1. The minimum absolute atomic E-state index is 0.323. The summed E-state index contributed by atoms with van der Waals surface area (Å²) in [6, 6.07) is 2.78. The molecule has 0 atom stereocenters. The van der Waals surface area contributed by atoms with Crippen molar-refractivity contribution in [1.82, 2.24) is 10.3 Å². The zero-order valence-corrected chi connectivity index (χ0v) is 11.2. The second-order valence-corrected chi connectivity index (χ2v) is 5.48. The van der Waals surface area contributed by atoms with Gasteiger partial charge in [0.1, 0.15) is 11.6 Å². The van der Waals surface area contributed by atoms with E-state index in [-0.39, 0.29) is 5.56 Å². The van der Waals surface area contributed by atoms with Crippen molar-refractivity contribution < 1.29 is 13.6 Å². The number of benzene rings is 1. The molecule has 4 nitrogen and oxygen atoms in total. The summed E-state index contributed by atoms with van der Waals surface area (Å²) in [7, 11) is 0. The van der Waals surface area contributed by atoms with Crippen LogP contribution in [-0.4, -0.2) is 17.4 Å². The van der Waals surface area contributed by atoms with Gasteiger partial charge < -0.3 is 5.32 Å². The normalized spacial score (nSPS) is 13.9. The van der Waals surface area contributed by atoms with Crippen LogP contribution in [0.25, 0.3) is 0 Å². The topological polar surface area (TPSA) is 54.0 Å². The van der Waals surface area contributed by atoms with Gasteiger partial charge in [0, 0.05) is 24.4 Å². The molecule has 0 saturated heterocycles. The Bertz CT molecular complexity index is 648. The Balaban J connectivity index is 1.82. The van der Waals surface area contributed by atoms with Gasteiger partial charge in [-0.15, -0.1) is 11.3 Å². The fraction of sp³-hybridized carbons (Fsp3) is 0.231. The number of halogens is 2. The number of rotatable bonds is 2. The van der Waals surface area contributed by atoms with Crippen LogP contribution < -0.4 is 10.6 Å². The van der Waals surface area contributed by atoms with Crippen LogP contribution in [0.4, 0.5) is 13.9 Å². The number of hydrogen-bond donors (Lipinski definition) is 2. The van der Waals surface area contributed by atoms with Gasteiger partial charge in [0.2, 0.25) is 0 Å². The molecule has 1 amide bonds. The van der Waals surface area contributed by atoms with Gasteiger partial charge in [0.25, 0.3) is 5.91 Å². The highest BCUT2D eigenvalue weighted by molar-refractivity contribution is 7.15. The van der Waals surface area contributed by atoms with Crippen molar-refractivity contribution in [3.63, 3.8) is 0 Å². The maximum atomic E-state index is 13.5. The van der Waals surface area contributed by atoms with Crippen LogP contribution in [0.3, 0.4) is 0 Å². The minimum atomic E-state index is -0.758. The molecule has 2 aromatic rings. The average Bonchev–Trinajstić information content (AvgIpc) is 2.83. The molecule has 0 spiro atoms. The van der Waals surface area contributed by atoms with Crippen molar-refractivity contribution in [3.8, 4) is 0 Å². The molecule has 0 unspecified atom stereocenters. The lowest BCUT2D eigenvalue weighted by Crippen LogP contribution is -2.22. The fourth-order valence-electron chi connectivity index (χ4n) is 2.01. The summed E-state index contributed by atoms with van der Waals surface area (Å²) >= 11 is 1.35. The third-order valence-corrected chi connectivity index (χ3v) is 4.01. The van der Waals surface area contributed by atoms with Crippen molar-refractivity contribution in [2.75, 3.05) is 11.9 Å². The number of anilines is 1. The highest BCUT2D eigenvalue weighted by atomic mass is 32.1. The van der Waals surface area contributed by atoms with E-state index in [4.69, 9.17) is 0 Å². The second kappa shape index (κ2) is 5.26. The van der Waals surface area contributed by atoms with Crippen LogP contribution in [0.1, 0.15) is 20.9 Å². The third-order valence-electron chi connectivity index (χ3n) is 3.00. The highest BCUT2D eigenvalue weighted by Gasteiger charge is 2.18. The van der Waals surface area contributed by atoms with Crippen molar-refractivity contribution >= 4 is 22.4 Å². The maximum absolute atomic E-state index is 13.5. The largest absolute Gasteiger partial charge is 0.311 e. The molecule has 2 N–H and O–H groups in total. The lowest BCUT2D eigenvalue weighted by molar-refractivity contribution is 0.102. The smallest absolute Gasteiger partial charge is 0.260 e. The lowest BCUT2D eigenvalue weighted by atomic mass is 10.2. The molecule has 7 heteroatoms. The van der Waals surface area contributed by atoms with Gasteiger partial charge in [-0.3, -0.25) is 10.1 Å². The summed E-state index contributed by atoms with van der Waals surface area (Å²) in [5.74, 6) is -2.10. The van der Waals surface area contributed by atoms with Crippen molar-refractivity contribution in [2.24, 2.45) is 0 Å². The highest BCUT2D eigenvalue weighted by Crippen LogP contribution is 2.26. The monoisotopic (exact) mass is 295 g/mol. The van der Waals surface area contributed by atoms with E-state index in [9.17, 15) is 13.6 Å². The Labute approximate surface area is 117 Å². The standard InChI is InChI=1S/C13H11F2N3OS/c14-7-1-2-9(15)8(5-7)12(19)18-13-17-10-3-4-16-6-11(10)20-13/h1-2,5,16H,3-4,6H2,(H,17,18,19). The van der Waals surface area contributed by atoms with Crippen LogP contribution in [-0.2, 0) is 13.0 Å². The van der Waals surface area contributed by atoms with Gasteiger partial charge in [0.15, 0.2) is 5.13 Å². The van der Waals surface area contributed by atoms with E-state index < -0.39 is 17.5 Å². The number of nitrogens with zero attached hydrogens (tertiary/aromatic N) is 1. The Hall–Kier alpha value is -1.86. The predicted octanol–water partition coefficient (Wildman–Crippen LogP) is 2.32. The van der Waals surface area contributed by atoms with Crippen LogP contribution in [0.15, 0.2) is 18.2 Å². The average molecular weight is 295 g/mol. The SMILES string of the molecule is O=C(Nc1nc2c(s1)CNCC2)c1cc(F)ccc1F. The van der Waals surface area contributed by atoms with Gasteiger partial charge >= 0.3 is 0 Å². The van der Waals surface area contributed by atoms with E-state index in [1.807, 2.05) is 0 Å². The van der Waals surface area contributed by atoms with Gasteiger partial charge in [-0.2, -0.15) is 0 Å². The zero-order valence-electron chi connectivity index (χ0n) is 10.4. The molecule has 2 heterocycles. The van der Waals surface area contributed by atoms with Crippen molar-refractivity contribution in [2.45, 2.75) is 13.0 Å². The Morgan fingerprint density at radius 1 is 1.40 bits per heavy atom. The molecule has 1 aromatic heterocycles. The third kappa shape index (κ3) is 2.54. The Morgan fingerprint density at radius 3 is 3.05 bits per heavy atom. The first kappa shape index (κ1) is 13.1. The number of hydrogen-bond acceptors (Lipinski definition) is 4. The molecule has 1 aliphatic heterocycles. The molecule has 0 radical (unpaired) electrons. The summed E-state index contributed by atoms with van der Waals surface area (Å²) in [5, 5.41) is 6.13. The van der Waals surface area contributed by atoms with E-state index in [1.54, 1.807) is 0 Å². The first-order chi connectivity index (χ1) is 9.63. The summed E-state index contributed by atoms with van der Waals surface area (Å²) in [6.45, 7) is 1.57. The second-order valence-electron chi connectivity index (χ2n) is 4.39. The Morgan fingerprint density at radius 2 is 2.25 bits per heavy atom. The number of nitrogens with one attached hydrogen (secondary N) is 2. The predicted molar refractivity (Wildman–Crippen MR) is 71.8 cm³/mol. The van der Waals surface area contributed by atoms with Gasteiger partial charge in [0.05, 0.1) is 11.3 Å². The summed E-state index contributed by atoms with van der Waals surface area (Å²) < 4.78 is 26.6. The quantitative estimate of drug-likeness (QED) is 0.894. The Kier molecular flexibility index (Phi) is 3.45. The van der Waals surface area contributed by atoms with Crippen LogP contribution in [0, 0.1) is 11.6 Å². The van der Waals surface area contributed by atoms with Gasteiger partial charge in [-0.1, -0.05) is 0 Å². The maximum Gasteiger partial charge on any atom is 0.260 e. The molecular formula is C13H11F2N3OS. The molecule has 0 aliphatic carbocycles. The molecule has 1 aliphatic rings. The molecule has 0 bridgehead atoms. The first-order valence-electron chi connectivity index (χ1n) is 6.09. The summed E-state index contributed by atoms with van der Waals surface area (Å²) in [6.07, 6.45) is 0.802. The van der Waals surface area contributed by atoms with E-state index in [2.05, 4.69) is 15.6 Å².